The maximum atomic E-state index is 11.9. The van der Waals surface area contributed by atoms with Crippen LogP contribution < -0.4 is 10.5 Å². The van der Waals surface area contributed by atoms with Gasteiger partial charge in [-0.2, -0.15) is 4.98 Å². The zero-order valence-corrected chi connectivity index (χ0v) is 18.9. The van der Waals surface area contributed by atoms with Crippen molar-refractivity contribution in [1.82, 2.24) is 19.7 Å². The van der Waals surface area contributed by atoms with Crippen LogP contribution in [-0.2, 0) is 6.54 Å². The molecular formula is C26H22N4O5. The van der Waals surface area contributed by atoms with Gasteiger partial charge in [0, 0.05) is 5.56 Å². The number of benzene rings is 3. The molecule has 5 rings (SSSR count). The number of H-pyrrole nitrogens is 1. The molecule has 0 fully saturated rings. The maximum Gasteiger partial charge on any atom is 0.439 e. The van der Waals surface area contributed by atoms with E-state index in [1.807, 2.05) is 55.5 Å². The van der Waals surface area contributed by atoms with Gasteiger partial charge >= 0.3 is 11.7 Å². The number of aromatic nitrogens is 4. The molecule has 0 saturated carbocycles. The summed E-state index contributed by atoms with van der Waals surface area (Å²) in [6.07, 6.45) is 0.805. The van der Waals surface area contributed by atoms with E-state index in [1.165, 1.54) is 0 Å². The zero-order chi connectivity index (χ0) is 24.4. The number of para-hydroxylation sites is 1. The second-order valence-electron chi connectivity index (χ2n) is 7.99. The molecular weight excluding hydrogens is 448 g/mol. The molecule has 0 aliphatic carbocycles. The van der Waals surface area contributed by atoms with Crippen LogP contribution in [0.4, 0.5) is 0 Å². The molecule has 2 aromatic heterocycles. The van der Waals surface area contributed by atoms with Gasteiger partial charge in [0.05, 0.1) is 29.7 Å². The molecule has 0 aliphatic rings. The van der Waals surface area contributed by atoms with Gasteiger partial charge in [0.15, 0.2) is 5.82 Å². The number of nitrogens with zero attached hydrogens (tertiary/aromatic N) is 3. The summed E-state index contributed by atoms with van der Waals surface area (Å²) < 4.78 is 12.3. The summed E-state index contributed by atoms with van der Waals surface area (Å²) in [5.41, 5.74) is 4.77. The molecule has 0 amide bonds. The summed E-state index contributed by atoms with van der Waals surface area (Å²) in [6.45, 7) is 2.87. The largest absolute Gasteiger partial charge is 0.478 e. The molecule has 3 aromatic carbocycles. The highest BCUT2D eigenvalue weighted by Crippen LogP contribution is 2.31. The Hall–Kier alpha value is -4.66. The number of rotatable bonds is 8. The van der Waals surface area contributed by atoms with Crippen LogP contribution in [0, 0.1) is 0 Å². The first-order valence-electron chi connectivity index (χ1n) is 11.1. The van der Waals surface area contributed by atoms with Crippen molar-refractivity contribution in [3.63, 3.8) is 0 Å². The van der Waals surface area contributed by atoms with Crippen LogP contribution in [0.2, 0.25) is 0 Å². The molecule has 9 nitrogen and oxygen atoms in total. The molecule has 2 heterocycles. The summed E-state index contributed by atoms with van der Waals surface area (Å²) in [4.78, 5) is 30.4. The van der Waals surface area contributed by atoms with Gasteiger partial charge in [-0.15, -0.1) is 0 Å². The summed E-state index contributed by atoms with van der Waals surface area (Å²) in [5.74, 6) is -1.27. The lowest BCUT2D eigenvalue weighted by molar-refractivity contribution is 0.0698. The van der Waals surface area contributed by atoms with E-state index in [4.69, 9.17) is 4.74 Å². The standard InChI is InChI=1S/C26H22N4O5/c1-2-14-34-25-27-21-9-5-8-20(24(31)32)22(21)30(25)15-16-10-12-17(13-11-16)18-6-3-4-7-19(18)23-28-26(33)35-29-23/h3-13H,2,14-15H2,1H3,(H,31,32)(H,28,29,33). The third-order valence-electron chi connectivity index (χ3n) is 5.63. The Balaban J connectivity index is 1.52. The fourth-order valence-corrected chi connectivity index (χ4v) is 4.05. The number of carbonyl (C=O) groups is 1. The number of fused-ring (bicyclic) bond motifs is 1. The number of hydrogen-bond acceptors (Lipinski definition) is 6. The van der Waals surface area contributed by atoms with Crippen molar-refractivity contribution in [3.8, 4) is 28.5 Å². The van der Waals surface area contributed by atoms with Crippen molar-refractivity contribution in [3.05, 3.63) is 88.4 Å². The van der Waals surface area contributed by atoms with E-state index in [2.05, 4.69) is 19.6 Å². The maximum absolute atomic E-state index is 11.9. The summed E-state index contributed by atoms with van der Waals surface area (Å²) >= 11 is 0. The van der Waals surface area contributed by atoms with Crippen LogP contribution in [0.25, 0.3) is 33.5 Å². The minimum absolute atomic E-state index is 0.175. The van der Waals surface area contributed by atoms with E-state index >= 15 is 0 Å². The van der Waals surface area contributed by atoms with Gasteiger partial charge in [-0.05, 0) is 35.2 Å². The third kappa shape index (κ3) is 4.31. The van der Waals surface area contributed by atoms with E-state index in [0.29, 0.717) is 36.0 Å². The van der Waals surface area contributed by atoms with Crippen LogP contribution in [0.1, 0.15) is 29.3 Å². The summed E-state index contributed by atoms with van der Waals surface area (Å²) in [6, 6.07) is 20.9. The topological polar surface area (TPSA) is 123 Å². The van der Waals surface area contributed by atoms with E-state index in [9.17, 15) is 14.7 Å². The van der Waals surface area contributed by atoms with E-state index < -0.39 is 11.7 Å². The monoisotopic (exact) mass is 470 g/mol. The molecule has 5 aromatic rings. The second-order valence-corrected chi connectivity index (χ2v) is 7.99. The first kappa shape index (κ1) is 22.1. The number of nitrogens with one attached hydrogen (secondary N) is 1. The molecule has 35 heavy (non-hydrogen) atoms. The minimum atomic E-state index is -1.02. The quantitative estimate of drug-likeness (QED) is 0.340. The van der Waals surface area contributed by atoms with Crippen LogP contribution in [0.5, 0.6) is 6.01 Å². The van der Waals surface area contributed by atoms with Gasteiger partial charge in [0.1, 0.15) is 0 Å². The molecule has 9 heteroatoms. The zero-order valence-electron chi connectivity index (χ0n) is 18.9. The van der Waals surface area contributed by atoms with Crippen molar-refractivity contribution >= 4 is 17.0 Å². The number of ether oxygens (including phenoxy) is 1. The van der Waals surface area contributed by atoms with Gasteiger partial charge in [-0.3, -0.25) is 14.1 Å². The van der Waals surface area contributed by atoms with Gasteiger partial charge in [-0.25, -0.2) is 9.59 Å². The van der Waals surface area contributed by atoms with Crippen LogP contribution >= 0.6 is 0 Å². The van der Waals surface area contributed by atoms with Crippen LogP contribution in [-0.4, -0.2) is 37.4 Å². The number of carboxylic acids is 1. The first-order chi connectivity index (χ1) is 17.0. The highest BCUT2D eigenvalue weighted by molar-refractivity contribution is 6.01. The van der Waals surface area contributed by atoms with E-state index in [1.54, 1.807) is 22.8 Å². The normalized spacial score (nSPS) is 11.1. The molecule has 2 N–H and O–H groups in total. The Labute approximate surface area is 199 Å². The predicted octanol–water partition coefficient (Wildman–Crippen LogP) is 4.58. The molecule has 0 atom stereocenters. The van der Waals surface area contributed by atoms with Gasteiger partial charge in [0.25, 0.3) is 6.01 Å². The minimum Gasteiger partial charge on any atom is -0.478 e. The number of imidazole rings is 1. The third-order valence-corrected chi connectivity index (χ3v) is 5.63. The average Bonchev–Trinajstić information content (AvgIpc) is 3.46. The number of carboxylic acid groups (broad SMARTS) is 1. The molecule has 0 saturated heterocycles. The smallest absolute Gasteiger partial charge is 0.439 e. The molecule has 0 radical (unpaired) electrons. The van der Waals surface area contributed by atoms with E-state index in [-0.39, 0.29) is 5.56 Å². The molecule has 0 spiro atoms. The lowest BCUT2D eigenvalue weighted by Gasteiger charge is -2.12. The van der Waals surface area contributed by atoms with Crippen LogP contribution in [0.3, 0.4) is 0 Å². The second kappa shape index (κ2) is 9.30. The molecule has 0 aliphatic heterocycles. The number of hydrogen-bond donors (Lipinski definition) is 2. The highest BCUT2D eigenvalue weighted by Gasteiger charge is 2.19. The first-order valence-corrected chi connectivity index (χ1v) is 11.1. The fourth-order valence-electron chi connectivity index (χ4n) is 4.05. The van der Waals surface area contributed by atoms with Gasteiger partial charge in [0.2, 0.25) is 0 Å². The summed E-state index contributed by atoms with van der Waals surface area (Å²) in [7, 11) is 0. The number of aromatic carboxylic acids is 1. The number of aromatic amines is 1. The SMILES string of the molecule is CCCOc1nc2cccc(C(=O)O)c2n1Cc1ccc(-c2ccccc2-c2noc(=O)[nH]2)cc1. The van der Waals surface area contributed by atoms with Crippen LogP contribution in [0.15, 0.2) is 76.0 Å². The van der Waals surface area contributed by atoms with Gasteiger partial charge < -0.3 is 9.84 Å². The lowest BCUT2D eigenvalue weighted by Crippen LogP contribution is -2.08. The van der Waals surface area contributed by atoms with Crippen molar-refractivity contribution in [2.24, 2.45) is 0 Å². The Bertz CT molecular complexity index is 1560. The lowest BCUT2D eigenvalue weighted by atomic mass is 9.98. The van der Waals surface area contributed by atoms with Crippen molar-refractivity contribution in [2.45, 2.75) is 19.9 Å². The van der Waals surface area contributed by atoms with Crippen molar-refractivity contribution in [2.75, 3.05) is 6.61 Å². The predicted molar refractivity (Wildman–Crippen MR) is 130 cm³/mol. The summed E-state index contributed by atoms with van der Waals surface area (Å²) in [5, 5.41) is 13.5. The Morgan fingerprint density at radius 1 is 1.06 bits per heavy atom. The van der Waals surface area contributed by atoms with Crippen molar-refractivity contribution < 1.29 is 19.2 Å². The van der Waals surface area contributed by atoms with E-state index in [0.717, 1.165) is 28.7 Å². The van der Waals surface area contributed by atoms with Gasteiger partial charge in [-0.1, -0.05) is 66.7 Å². The average molecular weight is 470 g/mol. The molecule has 0 unspecified atom stereocenters. The Morgan fingerprint density at radius 2 is 1.83 bits per heavy atom. The highest BCUT2D eigenvalue weighted by atomic mass is 16.5. The Morgan fingerprint density at radius 3 is 2.51 bits per heavy atom. The fraction of sp³-hybridized carbons (Fsp3) is 0.154. The van der Waals surface area contributed by atoms with Crippen molar-refractivity contribution in [1.29, 1.82) is 0 Å². The Kier molecular flexibility index (Phi) is 5.88. The molecule has 176 valence electrons. The molecule has 0 bridgehead atoms.